The number of carbonyl (C=O) groups excluding carboxylic acids is 1. The summed E-state index contributed by atoms with van der Waals surface area (Å²) in [5.74, 6) is -0.320. The summed E-state index contributed by atoms with van der Waals surface area (Å²) in [5.41, 5.74) is 1.03. The third-order valence-electron chi connectivity index (χ3n) is 3.02. The van der Waals surface area contributed by atoms with Crippen LogP contribution in [0.3, 0.4) is 0 Å². The monoisotopic (exact) mass is 285 g/mol. The number of fused-ring (bicyclic) bond motifs is 1. The van der Waals surface area contributed by atoms with Crippen LogP contribution in [0.5, 0.6) is 0 Å². The molecule has 0 unspecified atom stereocenters. The summed E-state index contributed by atoms with van der Waals surface area (Å²) in [7, 11) is -3.68. The fraction of sp³-hybridized carbons (Fsp3) is 0. The summed E-state index contributed by atoms with van der Waals surface area (Å²) in [4.78, 5) is 12.3. The molecule has 1 aliphatic rings. The number of Topliss-reactive ketones (excluding diaryl/α,β-unsaturated/α-hetero) is 1. The van der Waals surface area contributed by atoms with Crippen molar-refractivity contribution in [3.05, 3.63) is 71.4 Å². The van der Waals surface area contributed by atoms with Gasteiger partial charge in [0.1, 0.15) is 0 Å². The molecule has 0 saturated carbocycles. The van der Waals surface area contributed by atoms with Crippen molar-refractivity contribution in [2.45, 2.75) is 4.90 Å². The van der Waals surface area contributed by atoms with Crippen LogP contribution in [-0.4, -0.2) is 14.2 Å². The van der Waals surface area contributed by atoms with E-state index < -0.39 is 10.0 Å². The van der Waals surface area contributed by atoms with Gasteiger partial charge in [-0.1, -0.05) is 42.5 Å². The predicted octanol–water partition coefficient (Wildman–Crippen LogP) is 2.20. The average Bonchev–Trinajstić information content (AvgIpc) is 2.46. The van der Waals surface area contributed by atoms with Gasteiger partial charge in [-0.2, -0.15) is 0 Å². The summed E-state index contributed by atoms with van der Waals surface area (Å²) >= 11 is 0. The molecule has 4 nitrogen and oxygen atoms in total. The number of benzene rings is 2. The van der Waals surface area contributed by atoms with Gasteiger partial charge in [0.05, 0.1) is 10.6 Å². The van der Waals surface area contributed by atoms with Crippen LogP contribution in [0.15, 0.2) is 65.2 Å². The number of allylic oxidation sites excluding steroid dienone is 1. The molecule has 5 heteroatoms. The fourth-order valence-electron chi connectivity index (χ4n) is 2.09. The van der Waals surface area contributed by atoms with Gasteiger partial charge in [0.2, 0.25) is 5.78 Å². The van der Waals surface area contributed by atoms with Crippen LogP contribution in [0.1, 0.15) is 15.9 Å². The smallest absolute Gasteiger partial charge is 0.262 e. The van der Waals surface area contributed by atoms with E-state index in [1.165, 1.54) is 18.2 Å². The predicted molar refractivity (Wildman–Crippen MR) is 75.5 cm³/mol. The minimum absolute atomic E-state index is 0.0233. The topological polar surface area (TPSA) is 63.2 Å². The minimum Gasteiger partial charge on any atom is -0.287 e. The molecule has 0 atom stereocenters. The van der Waals surface area contributed by atoms with E-state index in [0.717, 1.165) is 5.56 Å². The molecular weight excluding hydrogens is 274 g/mol. The Morgan fingerprint density at radius 2 is 1.55 bits per heavy atom. The van der Waals surface area contributed by atoms with Crippen LogP contribution >= 0.6 is 0 Å². The second-order valence-electron chi connectivity index (χ2n) is 4.40. The summed E-state index contributed by atoms with van der Waals surface area (Å²) in [6, 6.07) is 15.3. The normalized spacial score (nSPS) is 18.4. The SMILES string of the molecule is O=C1C(=Cc2ccccc2)NS(=O)(=O)c2ccccc21. The van der Waals surface area contributed by atoms with E-state index in [-0.39, 0.29) is 21.9 Å². The van der Waals surface area contributed by atoms with Gasteiger partial charge >= 0.3 is 0 Å². The van der Waals surface area contributed by atoms with Crippen molar-refractivity contribution < 1.29 is 13.2 Å². The molecule has 0 bridgehead atoms. The number of hydrogen-bond acceptors (Lipinski definition) is 3. The van der Waals surface area contributed by atoms with Crippen LogP contribution in [0.25, 0.3) is 6.08 Å². The van der Waals surface area contributed by atoms with Gasteiger partial charge < -0.3 is 0 Å². The molecule has 1 N–H and O–H groups in total. The highest BCUT2D eigenvalue weighted by atomic mass is 32.2. The second-order valence-corrected chi connectivity index (χ2v) is 6.05. The highest BCUT2D eigenvalue weighted by molar-refractivity contribution is 7.90. The van der Waals surface area contributed by atoms with E-state index in [9.17, 15) is 13.2 Å². The van der Waals surface area contributed by atoms with Gasteiger partial charge in [-0.25, -0.2) is 8.42 Å². The Morgan fingerprint density at radius 1 is 0.900 bits per heavy atom. The molecule has 2 aromatic rings. The average molecular weight is 285 g/mol. The summed E-state index contributed by atoms with van der Waals surface area (Å²) in [6.07, 6.45) is 1.54. The highest BCUT2D eigenvalue weighted by Gasteiger charge is 2.31. The number of rotatable bonds is 1. The molecule has 0 saturated heterocycles. The number of hydrogen-bond donors (Lipinski definition) is 1. The third kappa shape index (κ3) is 2.12. The molecule has 1 heterocycles. The van der Waals surface area contributed by atoms with Gasteiger partial charge in [-0.05, 0) is 23.8 Å². The molecule has 0 spiro atoms. The fourth-order valence-corrected chi connectivity index (χ4v) is 3.35. The lowest BCUT2D eigenvalue weighted by molar-refractivity contribution is 0.102. The molecule has 20 heavy (non-hydrogen) atoms. The number of nitrogens with one attached hydrogen (secondary N) is 1. The van der Waals surface area contributed by atoms with Gasteiger partial charge in [-0.3, -0.25) is 9.52 Å². The number of sulfonamides is 1. The van der Waals surface area contributed by atoms with E-state index in [4.69, 9.17) is 0 Å². The lowest BCUT2D eigenvalue weighted by atomic mass is 10.1. The highest BCUT2D eigenvalue weighted by Crippen LogP contribution is 2.25. The van der Waals surface area contributed by atoms with Crippen molar-refractivity contribution in [3.8, 4) is 0 Å². The van der Waals surface area contributed by atoms with Crippen LogP contribution in [0.4, 0.5) is 0 Å². The van der Waals surface area contributed by atoms with Crippen molar-refractivity contribution in [2.24, 2.45) is 0 Å². The Kier molecular flexibility index (Phi) is 2.91. The van der Waals surface area contributed by atoms with E-state index in [1.807, 2.05) is 18.2 Å². The molecule has 0 fully saturated rings. The number of ketones is 1. The molecule has 3 rings (SSSR count). The second kappa shape index (κ2) is 4.61. The van der Waals surface area contributed by atoms with Crippen molar-refractivity contribution in [3.63, 3.8) is 0 Å². The summed E-state index contributed by atoms with van der Waals surface area (Å²) in [6.45, 7) is 0. The van der Waals surface area contributed by atoms with Crippen LogP contribution < -0.4 is 4.72 Å². The summed E-state index contributed by atoms with van der Waals surface area (Å²) in [5, 5.41) is 0. The molecule has 0 radical (unpaired) electrons. The van der Waals surface area contributed by atoms with Crippen molar-refractivity contribution in [1.82, 2.24) is 4.72 Å². The van der Waals surface area contributed by atoms with Crippen LogP contribution in [0.2, 0.25) is 0 Å². The molecule has 0 aliphatic carbocycles. The first-order valence-corrected chi connectivity index (χ1v) is 7.49. The zero-order chi connectivity index (χ0) is 14.2. The molecular formula is C15H11NO3S. The molecule has 0 amide bonds. The van der Waals surface area contributed by atoms with E-state index in [1.54, 1.807) is 24.3 Å². The maximum Gasteiger partial charge on any atom is 0.262 e. The van der Waals surface area contributed by atoms with Gasteiger partial charge in [0.25, 0.3) is 10.0 Å². The lowest BCUT2D eigenvalue weighted by Gasteiger charge is -2.19. The zero-order valence-corrected chi connectivity index (χ0v) is 11.2. The van der Waals surface area contributed by atoms with Gasteiger partial charge in [-0.15, -0.1) is 0 Å². The molecule has 0 aromatic heterocycles. The lowest BCUT2D eigenvalue weighted by Crippen LogP contribution is -2.34. The molecule has 100 valence electrons. The van der Waals surface area contributed by atoms with E-state index >= 15 is 0 Å². The Morgan fingerprint density at radius 3 is 2.30 bits per heavy atom. The van der Waals surface area contributed by atoms with Gasteiger partial charge in [0.15, 0.2) is 0 Å². The standard InChI is InChI=1S/C15H11NO3S/c17-15-12-8-4-5-9-14(12)20(18,19)16-13(15)10-11-6-2-1-3-7-11/h1-10,16H. The Bertz CT molecular complexity index is 808. The quantitative estimate of drug-likeness (QED) is 0.817. The molecule has 1 aliphatic heterocycles. The van der Waals surface area contributed by atoms with E-state index in [2.05, 4.69) is 4.72 Å². The first-order valence-electron chi connectivity index (χ1n) is 6.01. The Balaban J connectivity index is 2.15. The van der Waals surface area contributed by atoms with Crippen molar-refractivity contribution in [2.75, 3.05) is 0 Å². The zero-order valence-electron chi connectivity index (χ0n) is 10.4. The largest absolute Gasteiger partial charge is 0.287 e. The van der Waals surface area contributed by atoms with Crippen molar-refractivity contribution in [1.29, 1.82) is 0 Å². The van der Waals surface area contributed by atoms with Crippen molar-refractivity contribution >= 4 is 21.9 Å². The number of carbonyl (C=O) groups is 1. The minimum atomic E-state index is -3.68. The van der Waals surface area contributed by atoms with Crippen LogP contribution in [-0.2, 0) is 10.0 Å². The van der Waals surface area contributed by atoms with Crippen LogP contribution in [0, 0.1) is 0 Å². The first-order chi connectivity index (χ1) is 9.58. The Hall–Kier alpha value is -2.40. The molecule has 2 aromatic carbocycles. The Labute approximate surface area is 116 Å². The van der Waals surface area contributed by atoms with Gasteiger partial charge in [0, 0.05) is 5.56 Å². The van der Waals surface area contributed by atoms with E-state index in [0.29, 0.717) is 0 Å². The third-order valence-corrected chi connectivity index (χ3v) is 4.44. The maximum absolute atomic E-state index is 12.3. The first kappa shape index (κ1) is 12.6. The maximum atomic E-state index is 12.3. The summed E-state index contributed by atoms with van der Waals surface area (Å²) < 4.78 is 26.6.